The van der Waals surface area contributed by atoms with E-state index in [2.05, 4.69) is 5.32 Å². The van der Waals surface area contributed by atoms with E-state index in [4.69, 9.17) is 4.18 Å². The van der Waals surface area contributed by atoms with Gasteiger partial charge in [-0.3, -0.25) is 4.18 Å². The Bertz CT molecular complexity index is 532. The van der Waals surface area contributed by atoms with Crippen LogP contribution < -0.4 is 5.32 Å². The Morgan fingerprint density at radius 2 is 1.88 bits per heavy atom. The first-order valence-corrected chi connectivity index (χ1v) is 6.82. The van der Waals surface area contributed by atoms with E-state index in [1.165, 1.54) is 0 Å². The Hall–Kier alpha value is -1.33. The standard InChI is InChI=1S/C12H15NO3S/c1-12(2)11(9-17(14,15)16-12)13-8-10-6-4-3-5-7-10/h3-7,9,13H,8H2,1-2H3. The van der Waals surface area contributed by atoms with Crippen LogP contribution in [0.25, 0.3) is 0 Å². The van der Waals surface area contributed by atoms with Crippen molar-refractivity contribution in [2.45, 2.75) is 26.0 Å². The van der Waals surface area contributed by atoms with Crippen molar-refractivity contribution in [1.29, 1.82) is 0 Å². The van der Waals surface area contributed by atoms with Gasteiger partial charge in [0.25, 0.3) is 10.1 Å². The number of nitrogens with one attached hydrogen (secondary N) is 1. The second kappa shape index (κ2) is 4.16. The van der Waals surface area contributed by atoms with Crippen LogP contribution in [0, 0.1) is 0 Å². The van der Waals surface area contributed by atoms with Crippen LogP contribution in [0.4, 0.5) is 0 Å². The average Bonchev–Trinajstić information content (AvgIpc) is 2.45. The summed E-state index contributed by atoms with van der Waals surface area (Å²) in [5.74, 6) is 0. The van der Waals surface area contributed by atoms with Crippen LogP contribution in [0.2, 0.25) is 0 Å². The van der Waals surface area contributed by atoms with Crippen LogP contribution in [0.15, 0.2) is 41.4 Å². The van der Waals surface area contributed by atoms with Gasteiger partial charge in [0.1, 0.15) is 5.60 Å². The molecule has 0 saturated carbocycles. The monoisotopic (exact) mass is 253 g/mol. The van der Waals surface area contributed by atoms with E-state index in [1.807, 2.05) is 30.3 Å². The smallest absolute Gasteiger partial charge is 0.292 e. The van der Waals surface area contributed by atoms with Crippen molar-refractivity contribution < 1.29 is 12.6 Å². The molecule has 0 atom stereocenters. The van der Waals surface area contributed by atoms with Gasteiger partial charge in [-0.1, -0.05) is 30.3 Å². The summed E-state index contributed by atoms with van der Waals surface area (Å²) in [5, 5.41) is 4.25. The van der Waals surface area contributed by atoms with Crippen LogP contribution in [0.5, 0.6) is 0 Å². The Labute approximate surface area is 101 Å². The predicted octanol–water partition coefficient (Wildman–Crippen LogP) is 1.76. The largest absolute Gasteiger partial charge is 0.381 e. The van der Waals surface area contributed by atoms with E-state index in [9.17, 15) is 8.42 Å². The molecule has 0 saturated heterocycles. The van der Waals surface area contributed by atoms with Gasteiger partial charge < -0.3 is 5.32 Å². The molecule has 17 heavy (non-hydrogen) atoms. The highest BCUT2D eigenvalue weighted by molar-refractivity contribution is 7.90. The van der Waals surface area contributed by atoms with Gasteiger partial charge in [-0.05, 0) is 19.4 Å². The second-order valence-electron chi connectivity index (χ2n) is 4.46. The highest BCUT2D eigenvalue weighted by atomic mass is 32.2. The van der Waals surface area contributed by atoms with Crippen LogP contribution in [0.1, 0.15) is 19.4 Å². The van der Waals surface area contributed by atoms with Gasteiger partial charge in [0.15, 0.2) is 0 Å². The fourth-order valence-corrected chi connectivity index (χ4v) is 3.07. The van der Waals surface area contributed by atoms with Crippen molar-refractivity contribution in [2.75, 3.05) is 0 Å². The molecule has 1 aliphatic rings. The molecule has 0 aliphatic carbocycles. The minimum absolute atomic E-state index is 0.578. The lowest BCUT2D eigenvalue weighted by atomic mass is 10.1. The van der Waals surface area contributed by atoms with Crippen molar-refractivity contribution in [3.63, 3.8) is 0 Å². The number of rotatable bonds is 3. The third-order valence-electron chi connectivity index (χ3n) is 2.56. The lowest BCUT2D eigenvalue weighted by molar-refractivity contribution is 0.163. The van der Waals surface area contributed by atoms with Gasteiger partial charge in [-0.15, -0.1) is 0 Å². The highest BCUT2D eigenvalue weighted by Crippen LogP contribution is 2.29. The van der Waals surface area contributed by atoms with Crippen LogP contribution in [-0.4, -0.2) is 14.0 Å². The second-order valence-corrected chi connectivity index (χ2v) is 5.85. The molecule has 1 N–H and O–H groups in total. The summed E-state index contributed by atoms with van der Waals surface area (Å²) >= 11 is 0. The van der Waals surface area contributed by atoms with Crippen molar-refractivity contribution in [3.8, 4) is 0 Å². The number of hydrogen-bond acceptors (Lipinski definition) is 4. The molecule has 0 fully saturated rings. The zero-order valence-electron chi connectivity index (χ0n) is 9.80. The average molecular weight is 253 g/mol. The first kappa shape index (κ1) is 12.1. The third-order valence-corrected chi connectivity index (χ3v) is 3.73. The molecule has 1 heterocycles. The minimum atomic E-state index is -3.53. The zero-order chi connectivity index (χ0) is 12.5. The van der Waals surface area contributed by atoms with E-state index in [1.54, 1.807) is 13.8 Å². The fraction of sp³-hybridized carbons (Fsp3) is 0.333. The Balaban J connectivity index is 2.10. The van der Waals surface area contributed by atoms with Crippen molar-refractivity contribution in [2.24, 2.45) is 0 Å². The maximum absolute atomic E-state index is 11.3. The van der Waals surface area contributed by atoms with E-state index >= 15 is 0 Å². The molecule has 5 heteroatoms. The maximum Gasteiger partial charge on any atom is 0.292 e. The summed E-state index contributed by atoms with van der Waals surface area (Å²) < 4.78 is 27.6. The molecule has 2 rings (SSSR count). The Kier molecular flexibility index (Phi) is 2.97. The van der Waals surface area contributed by atoms with Gasteiger partial charge in [-0.2, -0.15) is 8.42 Å². The van der Waals surface area contributed by atoms with Gasteiger partial charge in [0, 0.05) is 6.54 Å². The fourth-order valence-electron chi connectivity index (χ4n) is 1.69. The van der Waals surface area contributed by atoms with Crippen LogP contribution in [-0.2, 0) is 20.8 Å². The quantitative estimate of drug-likeness (QED) is 0.834. The maximum atomic E-state index is 11.3. The summed E-state index contributed by atoms with van der Waals surface area (Å²) in [6, 6.07) is 9.78. The van der Waals surface area contributed by atoms with E-state index < -0.39 is 15.7 Å². The van der Waals surface area contributed by atoms with E-state index in [-0.39, 0.29) is 0 Å². The van der Waals surface area contributed by atoms with E-state index in [0.717, 1.165) is 11.0 Å². The highest BCUT2D eigenvalue weighted by Gasteiger charge is 2.37. The van der Waals surface area contributed by atoms with E-state index in [0.29, 0.717) is 12.2 Å². The molecule has 0 bridgehead atoms. The van der Waals surface area contributed by atoms with Crippen LogP contribution >= 0.6 is 0 Å². The predicted molar refractivity (Wildman–Crippen MR) is 65.4 cm³/mol. The molecule has 0 aromatic heterocycles. The summed E-state index contributed by atoms with van der Waals surface area (Å²) in [4.78, 5) is 0. The molecule has 0 amide bonds. The van der Waals surface area contributed by atoms with Crippen molar-refractivity contribution in [3.05, 3.63) is 47.0 Å². The Morgan fingerprint density at radius 3 is 2.41 bits per heavy atom. The van der Waals surface area contributed by atoms with Gasteiger partial charge in [0.05, 0.1) is 11.1 Å². The first-order chi connectivity index (χ1) is 7.89. The minimum Gasteiger partial charge on any atom is -0.381 e. The molecule has 0 radical (unpaired) electrons. The zero-order valence-corrected chi connectivity index (χ0v) is 10.6. The van der Waals surface area contributed by atoms with Gasteiger partial charge in [-0.25, -0.2) is 0 Å². The normalized spacial score (nSPS) is 20.9. The summed E-state index contributed by atoms with van der Waals surface area (Å²) in [6.07, 6.45) is 0. The van der Waals surface area contributed by atoms with Crippen LogP contribution in [0.3, 0.4) is 0 Å². The SMILES string of the molecule is CC1(C)OS(=O)(=O)C=C1NCc1ccccc1. The topological polar surface area (TPSA) is 55.4 Å². The molecule has 1 aromatic rings. The number of benzene rings is 1. The van der Waals surface area contributed by atoms with Gasteiger partial charge in [0.2, 0.25) is 0 Å². The Morgan fingerprint density at radius 1 is 1.24 bits per heavy atom. The molecule has 1 aromatic carbocycles. The molecular weight excluding hydrogens is 238 g/mol. The van der Waals surface area contributed by atoms with Crippen molar-refractivity contribution >= 4 is 10.1 Å². The molecule has 1 aliphatic heterocycles. The third kappa shape index (κ3) is 2.87. The molecule has 4 nitrogen and oxygen atoms in total. The molecule has 0 unspecified atom stereocenters. The summed E-state index contributed by atoms with van der Waals surface area (Å²) in [6.45, 7) is 4.03. The lowest BCUT2D eigenvalue weighted by Crippen LogP contribution is -2.31. The van der Waals surface area contributed by atoms with Crippen molar-refractivity contribution in [1.82, 2.24) is 5.32 Å². The van der Waals surface area contributed by atoms with Gasteiger partial charge >= 0.3 is 0 Å². The molecule has 92 valence electrons. The number of hydrogen-bond donors (Lipinski definition) is 1. The summed E-state index contributed by atoms with van der Waals surface area (Å²) in [7, 11) is -3.53. The molecular formula is C12H15NO3S. The molecule has 0 spiro atoms. The summed E-state index contributed by atoms with van der Waals surface area (Å²) in [5.41, 5.74) is 0.864. The first-order valence-electron chi connectivity index (χ1n) is 5.35. The lowest BCUT2D eigenvalue weighted by Gasteiger charge is -2.21.